The van der Waals surface area contributed by atoms with Crippen LogP contribution in [0.1, 0.15) is 32.4 Å². The highest BCUT2D eigenvalue weighted by molar-refractivity contribution is 5.21. The highest BCUT2D eigenvalue weighted by Gasteiger charge is 2.22. The number of halogens is 1. The lowest BCUT2D eigenvalue weighted by atomic mass is 9.99. The van der Waals surface area contributed by atoms with Gasteiger partial charge in [-0.25, -0.2) is 4.39 Å². The van der Waals surface area contributed by atoms with Crippen LogP contribution in [0.4, 0.5) is 4.39 Å². The van der Waals surface area contributed by atoms with Crippen molar-refractivity contribution in [1.82, 2.24) is 9.80 Å². The molecule has 21 heavy (non-hydrogen) atoms. The van der Waals surface area contributed by atoms with Crippen molar-refractivity contribution < 1.29 is 4.39 Å². The Labute approximate surface area is 128 Å². The molecule has 0 heterocycles. The Hall–Kier alpha value is -0.970. The summed E-state index contributed by atoms with van der Waals surface area (Å²) in [6.45, 7) is 9.61. The zero-order valence-corrected chi connectivity index (χ0v) is 14.0. The van der Waals surface area contributed by atoms with Gasteiger partial charge in [0.05, 0.1) is 0 Å². The normalized spacial score (nSPS) is 15.0. The Morgan fingerprint density at radius 3 is 2.10 bits per heavy atom. The van der Waals surface area contributed by atoms with Crippen molar-refractivity contribution in [1.29, 1.82) is 0 Å². The highest BCUT2D eigenvalue weighted by Crippen LogP contribution is 2.20. The van der Waals surface area contributed by atoms with Crippen molar-refractivity contribution >= 4 is 0 Å². The second kappa shape index (κ2) is 8.47. The molecule has 1 aromatic carbocycles. The van der Waals surface area contributed by atoms with Gasteiger partial charge in [-0.1, -0.05) is 26.0 Å². The maximum Gasteiger partial charge on any atom is 0.123 e. The summed E-state index contributed by atoms with van der Waals surface area (Å²) in [4.78, 5) is 4.61. The van der Waals surface area contributed by atoms with E-state index in [0.29, 0.717) is 5.92 Å². The van der Waals surface area contributed by atoms with E-state index in [4.69, 9.17) is 5.73 Å². The molecule has 0 radical (unpaired) electrons. The third kappa shape index (κ3) is 6.12. The number of hydrogen-bond donors (Lipinski definition) is 1. The fourth-order valence-electron chi connectivity index (χ4n) is 2.45. The maximum absolute atomic E-state index is 13.0. The second-order valence-corrected chi connectivity index (χ2v) is 6.51. The van der Waals surface area contributed by atoms with Crippen LogP contribution in [0.15, 0.2) is 24.3 Å². The molecular formula is C17H30FN3. The number of nitrogens with two attached hydrogens (primary N) is 1. The summed E-state index contributed by atoms with van der Waals surface area (Å²) in [5.74, 6) is 0.375. The summed E-state index contributed by atoms with van der Waals surface area (Å²) in [7, 11) is 4.16. The van der Waals surface area contributed by atoms with Gasteiger partial charge in [0.1, 0.15) is 5.82 Å². The van der Waals surface area contributed by atoms with Gasteiger partial charge in [0.25, 0.3) is 0 Å². The molecule has 0 saturated carbocycles. The van der Waals surface area contributed by atoms with E-state index in [-0.39, 0.29) is 17.9 Å². The van der Waals surface area contributed by atoms with Gasteiger partial charge in [-0.15, -0.1) is 0 Å². The van der Waals surface area contributed by atoms with Crippen molar-refractivity contribution in [3.8, 4) is 0 Å². The molecule has 3 nitrogen and oxygen atoms in total. The Kier molecular flexibility index (Phi) is 7.29. The van der Waals surface area contributed by atoms with E-state index in [2.05, 4.69) is 44.7 Å². The summed E-state index contributed by atoms with van der Waals surface area (Å²) in [6, 6.07) is 6.65. The molecule has 4 heteroatoms. The summed E-state index contributed by atoms with van der Waals surface area (Å²) in [5.41, 5.74) is 7.38. The van der Waals surface area contributed by atoms with Gasteiger partial charge >= 0.3 is 0 Å². The lowest BCUT2D eigenvalue weighted by Crippen LogP contribution is -2.45. The van der Waals surface area contributed by atoms with Crippen LogP contribution >= 0.6 is 0 Å². The van der Waals surface area contributed by atoms with Crippen LogP contribution in [-0.4, -0.2) is 49.6 Å². The van der Waals surface area contributed by atoms with Crippen molar-refractivity contribution in [3.05, 3.63) is 35.6 Å². The van der Waals surface area contributed by atoms with Gasteiger partial charge in [-0.3, -0.25) is 4.90 Å². The fourth-order valence-corrected chi connectivity index (χ4v) is 2.45. The molecule has 0 bridgehead atoms. The van der Waals surface area contributed by atoms with E-state index in [1.165, 1.54) is 12.1 Å². The molecule has 0 aliphatic carbocycles. The highest BCUT2D eigenvalue weighted by atomic mass is 19.1. The molecule has 1 rings (SSSR count). The Morgan fingerprint density at radius 2 is 1.62 bits per heavy atom. The first kappa shape index (κ1) is 18.1. The fraction of sp³-hybridized carbons (Fsp3) is 0.647. The van der Waals surface area contributed by atoms with Crippen molar-refractivity contribution in [2.45, 2.75) is 32.9 Å². The largest absolute Gasteiger partial charge is 0.323 e. The zero-order valence-electron chi connectivity index (χ0n) is 14.0. The standard InChI is InChI=1S/C17H30FN3/c1-13(2)12-21(11-10-20(4)5)14(3)17(19)15-6-8-16(18)9-7-15/h6-9,13-14,17H,10-12,19H2,1-5H3. The van der Waals surface area contributed by atoms with E-state index in [0.717, 1.165) is 25.2 Å². The van der Waals surface area contributed by atoms with Gasteiger partial charge < -0.3 is 10.6 Å². The average Bonchev–Trinajstić information content (AvgIpc) is 2.42. The van der Waals surface area contributed by atoms with Gasteiger partial charge in [0.15, 0.2) is 0 Å². The van der Waals surface area contributed by atoms with Gasteiger partial charge in [0, 0.05) is 31.7 Å². The van der Waals surface area contributed by atoms with E-state index in [9.17, 15) is 4.39 Å². The predicted molar refractivity (Wildman–Crippen MR) is 87.8 cm³/mol. The predicted octanol–water partition coefficient (Wildman–Crippen LogP) is 2.73. The maximum atomic E-state index is 13.0. The minimum atomic E-state index is -0.217. The molecule has 1 aromatic rings. The van der Waals surface area contributed by atoms with Crippen molar-refractivity contribution in [2.24, 2.45) is 11.7 Å². The SMILES string of the molecule is CC(C)CN(CCN(C)C)C(C)C(N)c1ccc(F)cc1. The van der Waals surface area contributed by atoms with Crippen LogP contribution in [0.2, 0.25) is 0 Å². The summed E-state index contributed by atoms with van der Waals surface area (Å²) >= 11 is 0. The first-order chi connectivity index (χ1) is 9.81. The molecule has 0 aliphatic rings. The number of hydrogen-bond acceptors (Lipinski definition) is 3. The lowest BCUT2D eigenvalue weighted by Gasteiger charge is -2.35. The van der Waals surface area contributed by atoms with Crippen molar-refractivity contribution in [3.63, 3.8) is 0 Å². The molecule has 0 fully saturated rings. The Morgan fingerprint density at radius 1 is 1.05 bits per heavy atom. The molecule has 2 N–H and O–H groups in total. The second-order valence-electron chi connectivity index (χ2n) is 6.51. The van der Waals surface area contributed by atoms with Crippen LogP contribution in [0.5, 0.6) is 0 Å². The number of benzene rings is 1. The molecule has 0 saturated heterocycles. The van der Waals surface area contributed by atoms with Gasteiger partial charge in [0.2, 0.25) is 0 Å². The third-order valence-electron chi connectivity index (χ3n) is 3.78. The molecular weight excluding hydrogens is 265 g/mol. The number of rotatable bonds is 8. The topological polar surface area (TPSA) is 32.5 Å². The van der Waals surface area contributed by atoms with Gasteiger partial charge in [-0.05, 0) is 44.6 Å². The molecule has 0 aromatic heterocycles. The van der Waals surface area contributed by atoms with Crippen LogP contribution in [0.25, 0.3) is 0 Å². The number of nitrogens with zero attached hydrogens (tertiary/aromatic N) is 2. The summed E-state index contributed by atoms with van der Waals surface area (Å²) in [6.07, 6.45) is 0. The summed E-state index contributed by atoms with van der Waals surface area (Å²) in [5, 5.41) is 0. The number of likely N-dealkylation sites (N-methyl/N-ethyl adjacent to an activating group) is 1. The Bertz CT molecular complexity index is 403. The molecule has 2 unspecified atom stereocenters. The molecule has 0 spiro atoms. The minimum Gasteiger partial charge on any atom is -0.323 e. The molecule has 2 atom stereocenters. The molecule has 120 valence electrons. The first-order valence-electron chi connectivity index (χ1n) is 7.71. The van der Waals surface area contributed by atoms with E-state index in [1.807, 2.05) is 0 Å². The van der Waals surface area contributed by atoms with Crippen LogP contribution < -0.4 is 5.73 Å². The van der Waals surface area contributed by atoms with E-state index >= 15 is 0 Å². The minimum absolute atomic E-state index is 0.105. The van der Waals surface area contributed by atoms with Crippen LogP contribution in [0, 0.1) is 11.7 Å². The smallest absolute Gasteiger partial charge is 0.123 e. The monoisotopic (exact) mass is 295 g/mol. The average molecular weight is 295 g/mol. The van der Waals surface area contributed by atoms with Crippen LogP contribution in [-0.2, 0) is 0 Å². The molecule has 0 aliphatic heterocycles. The van der Waals surface area contributed by atoms with E-state index in [1.54, 1.807) is 12.1 Å². The molecule has 0 amide bonds. The van der Waals surface area contributed by atoms with Crippen molar-refractivity contribution in [2.75, 3.05) is 33.7 Å². The first-order valence-corrected chi connectivity index (χ1v) is 7.71. The Balaban J connectivity index is 2.77. The summed E-state index contributed by atoms with van der Waals surface area (Å²) < 4.78 is 13.0. The zero-order chi connectivity index (χ0) is 16.0. The quantitative estimate of drug-likeness (QED) is 0.800. The van der Waals surface area contributed by atoms with E-state index < -0.39 is 0 Å². The lowest BCUT2D eigenvalue weighted by molar-refractivity contribution is 0.151. The third-order valence-corrected chi connectivity index (χ3v) is 3.78. The van der Waals surface area contributed by atoms with Gasteiger partial charge in [-0.2, -0.15) is 0 Å². The van der Waals surface area contributed by atoms with Crippen LogP contribution in [0.3, 0.4) is 0 Å².